The number of carbonyl (C=O) groups excluding carboxylic acids is 1. The molecule has 138 valence electrons. The molecule has 0 aliphatic carbocycles. The Labute approximate surface area is 154 Å². The van der Waals surface area contributed by atoms with Crippen LogP contribution in [0.4, 0.5) is 5.82 Å². The maximum atomic E-state index is 12.9. The van der Waals surface area contributed by atoms with E-state index in [0.717, 1.165) is 36.5 Å². The minimum Gasteiger partial charge on any atom is -0.493 e. The van der Waals surface area contributed by atoms with Gasteiger partial charge in [-0.3, -0.25) is 4.79 Å². The van der Waals surface area contributed by atoms with Gasteiger partial charge in [0, 0.05) is 31.4 Å². The number of ether oxygens (including phenoxy) is 2. The Morgan fingerprint density at radius 2 is 1.92 bits per heavy atom. The van der Waals surface area contributed by atoms with E-state index in [-0.39, 0.29) is 5.91 Å². The second-order valence-electron chi connectivity index (χ2n) is 6.31. The van der Waals surface area contributed by atoms with Gasteiger partial charge in [-0.2, -0.15) is 0 Å². The lowest BCUT2D eigenvalue weighted by atomic mass is 9.98. The standard InChI is InChI=1S/C20H25N3O3/c1-4-7-21-19-12-15(5-8-22-19)20(24)23-9-6-14-10-17(25-2)18(26-3)11-16(14)13-23/h5,8,10-12H,4,6-7,9,13H2,1-3H3,(H,21,22). The van der Waals surface area contributed by atoms with Gasteiger partial charge in [-0.15, -0.1) is 0 Å². The minimum atomic E-state index is 0.0207. The molecule has 0 unspecified atom stereocenters. The summed E-state index contributed by atoms with van der Waals surface area (Å²) in [6.07, 6.45) is 3.48. The first-order chi connectivity index (χ1) is 12.7. The van der Waals surface area contributed by atoms with E-state index in [1.54, 1.807) is 26.5 Å². The van der Waals surface area contributed by atoms with Crippen molar-refractivity contribution in [3.63, 3.8) is 0 Å². The van der Waals surface area contributed by atoms with E-state index in [0.29, 0.717) is 24.4 Å². The van der Waals surface area contributed by atoms with Crippen LogP contribution in [0, 0.1) is 0 Å². The lowest BCUT2D eigenvalue weighted by molar-refractivity contribution is 0.0734. The second kappa shape index (κ2) is 8.08. The van der Waals surface area contributed by atoms with Crippen molar-refractivity contribution in [1.82, 2.24) is 9.88 Å². The number of benzene rings is 1. The van der Waals surface area contributed by atoms with Crippen molar-refractivity contribution in [2.45, 2.75) is 26.3 Å². The molecule has 0 atom stereocenters. The van der Waals surface area contributed by atoms with Crippen LogP contribution in [-0.2, 0) is 13.0 Å². The molecule has 1 aromatic carbocycles. The first kappa shape index (κ1) is 18.0. The topological polar surface area (TPSA) is 63.7 Å². The quantitative estimate of drug-likeness (QED) is 0.862. The lowest BCUT2D eigenvalue weighted by Gasteiger charge is -2.29. The molecule has 6 heteroatoms. The number of amides is 1. The van der Waals surface area contributed by atoms with Crippen LogP contribution in [0.5, 0.6) is 11.5 Å². The van der Waals surface area contributed by atoms with Gasteiger partial charge in [0.2, 0.25) is 0 Å². The highest BCUT2D eigenvalue weighted by atomic mass is 16.5. The Morgan fingerprint density at radius 3 is 2.62 bits per heavy atom. The third-order valence-corrected chi connectivity index (χ3v) is 4.57. The number of aromatic nitrogens is 1. The summed E-state index contributed by atoms with van der Waals surface area (Å²) in [5.41, 5.74) is 2.95. The summed E-state index contributed by atoms with van der Waals surface area (Å²) >= 11 is 0. The van der Waals surface area contributed by atoms with E-state index in [4.69, 9.17) is 9.47 Å². The fraction of sp³-hybridized carbons (Fsp3) is 0.400. The van der Waals surface area contributed by atoms with Gasteiger partial charge in [-0.05, 0) is 48.2 Å². The van der Waals surface area contributed by atoms with Crippen molar-refractivity contribution >= 4 is 11.7 Å². The molecule has 1 N–H and O–H groups in total. The van der Waals surface area contributed by atoms with Crippen LogP contribution >= 0.6 is 0 Å². The highest BCUT2D eigenvalue weighted by molar-refractivity contribution is 5.95. The summed E-state index contributed by atoms with van der Waals surface area (Å²) in [6, 6.07) is 7.56. The normalized spacial score (nSPS) is 13.1. The highest BCUT2D eigenvalue weighted by Gasteiger charge is 2.24. The molecule has 26 heavy (non-hydrogen) atoms. The van der Waals surface area contributed by atoms with Crippen LogP contribution < -0.4 is 14.8 Å². The lowest BCUT2D eigenvalue weighted by Crippen LogP contribution is -2.36. The van der Waals surface area contributed by atoms with E-state index < -0.39 is 0 Å². The van der Waals surface area contributed by atoms with Crippen molar-refractivity contribution in [3.8, 4) is 11.5 Å². The summed E-state index contributed by atoms with van der Waals surface area (Å²) < 4.78 is 10.8. The monoisotopic (exact) mass is 355 g/mol. The van der Waals surface area contributed by atoms with E-state index in [9.17, 15) is 4.79 Å². The first-order valence-electron chi connectivity index (χ1n) is 8.89. The molecule has 1 amide bonds. The molecule has 0 fully saturated rings. The van der Waals surface area contributed by atoms with Gasteiger partial charge in [0.25, 0.3) is 5.91 Å². The second-order valence-corrected chi connectivity index (χ2v) is 6.31. The Bertz CT molecular complexity index is 792. The molecular formula is C20H25N3O3. The molecule has 3 rings (SSSR count). The number of carbonyl (C=O) groups is 1. The zero-order chi connectivity index (χ0) is 18.5. The Hall–Kier alpha value is -2.76. The number of hydrogen-bond acceptors (Lipinski definition) is 5. The SMILES string of the molecule is CCCNc1cc(C(=O)N2CCc3cc(OC)c(OC)cc3C2)ccn1. The summed E-state index contributed by atoms with van der Waals surface area (Å²) in [5.74, 6) is 2.18. The van der Waals surface area contributed by atoms with Crippen LogP contribution in [-0.4, -0.2) is 43.1 Å². The number of anilines is 1. The zero-order valence-electron chi connectivity index (χ0n) is 15.5. The van der Waals surface area contributed by atoms with Gasteiger partial charge in [0.15, 0.2) is 11.5 Å². The zero-order valence-corrected chi connectivity index (χ0v) is 15.5. The number of nitrogens with zero attached hydrogens (tertiary/aromatic N) is 2. The Balaban J connectivity index is 1.79. The van der Waals surface area contributed by atoms with Gasteiger partial charge in [0.05, 0.1) is 14.2 Å². The van der Waals surface area contributed by atoms with Crippen molar-refractivity contribution in [3.05, 3.63) is 47.2 Å². The number of hydrogen-bond donors (Lipinski definition) is 1. The number of fused-ring (bicyclic) bond motifs is 1. The van der Waals surface area contributed by atoms with Gasteiger partial charge in [-0.25, -0.2) is 4.98 Å². The average Bonchev–Trinajstić information content (AvgIpc) is 2.70. The fourth-order valence-electron chi connectivity index (χ4n) is 3.15. The number of pyridine rings is 1. The smallest absolute Gasteiger partial charge is 0.254 e. The molecule has 6 nitrogen and oxygen atoms in total. The molecule has 0 spiro atoms. The minimum absolute atomic E-state index is 0.0207. The summed E-state index contributed by atoms with van der Waals surface area (Å²) in [6.45, 7) is 4.18. The van der Waals surface area contributed by atoms with Crippen molar-refractivity contribution in [2.24, 2.45) is 0 Å². The predicted octanol–water partition coefficient (Wildman–Crippen LogP) is 3.12. The maximum Gasteiger partial charge on any atom is 0.254 e. The van der Waals surface area contributed by atoms with Crippen LogP contribution in [0.15, 0.2) is 30.5 Å². The maximum absolute atomic E-state index is 12.9. The number of methoxy groups -OCH3 is 2. The summed E-state index contributed by atoms with van der Waals surface area (Å²) in [5, 5.41) is 3.22. The third kappa shape index (κ3) is 3.74. The molecule has 0 bridgehead atoms. The first-order valence-corrected chi connectivity index (χ1v) is 8.89. The number of nitrogens with one attached hydrogen (secondary N) is 1. The third-order valence-electron chi connectivity index (χ3n) is 4.57. The highest BCUT2D eigenvalue weighted by Crippen LogP contribution is 2.33. The average molecular weight is 355 g/mol. The van der Waals surface area contributed by atoms with Gasteiger partial charge in [0.1, 0.15) is 5.82 Å². The van der Waals surface area contributed by atoms with Crippen molar-refractivity contribution in [1.29, 1.82) is 0 Å². The van der Waals surface area contributed by atoms with Crippen LogP contribution in [0.2, 0.25) is 0 Å². The fourth-order valence-corrected chi connectivity index (χ4v) is 3.15. The van der Waals surface area contributed by atoms with E-state index in [2.05, 4.69) is 17.2 Å². The van der Waals surface area contributed by atoms with E-state index in [1.165, 1.54) is 5.56 Å². The number of rotatable bonds is 6. The van der Waals surface area contributed by atoms with Crippen molar-refractivity contribution in [2.75, 3.05) is 32.6 Å². The Kier molecular flexibility index (Phi) is 5.61. The molecule has 0 saturated heterocycles. The molecule has 2 aromatic rings. The molecule has 2 heterocycles. The van der Waals surface area contributed by atoms with E-state index >= 15 is 0 Å². The molecule has 1 aromatic heterocycles. The molecule has 1 aliphatic rings. The van der Waals surface area contributed by atoms with Gasteiger partial charge < -0.3 is 19.7 Å². The Morgan fingerprint density at radius 1 is 1.19 bits per heavy atom. The predicted molar refractivity (Wildman–Crippen MR) is 101 cm³/mol. The van der Waals surface area contributed by atoms with Crippen LogP contribution in [0.25, 0.3) is 0 Å². The van der Waals surface area contributed by atoms with Crippen molar-refractivity contribution < 1.29 is 14.3 Å². The molecule has 0 saturated carbocycles. The van der Waals surface area contributed by atoms with Crippen LogP contribution in [0.3, 0.4) is 0 Å². The largest absolute Gasteiger partial charge is 0.493 e. The van der Waals surface area contributed by atoms with Gasteiger partial charge in [-0.1, -0.05) is 6.92 Å². The summed E-state index contributed by atoms with van der Waals surface area (Å²) in [7, 11) is 3.26. The molecule has 1 aliphatic heterocycles. The molecule has 0 radical (unpaired) electrons. The van der Waals surface area contributed by atoms with Crippen LogP contribution in [0.1, 0.15) is 34.8 Å². The molecular weight excluding hydrogens is 330 g/mol. The van der Waals surface area contributed by atoms with Gasteiger partial charge >= 0.3 is 0 Å². The summed E-state index contributed by atoms with van der Waals surface area (Å²) in [4.78, 5) is 19.1. The van der Waals surface area contributed by atoms with E-state index in [1.807, 2.05) is 23.1 Å².